The number of nitrogens with two attached hydrogens (primary N) is 1. The number of nitrogens with zero attached hydrogens (tertiary/aromatic N) is 1. The molecule has 0 saturated carbocycles. The summed E-state index contributed by atoms with van der Waals surface area (Å²) in [4.78, 5) is 4.38. The average Bonchev–Trinajstić information content (AvgIpc) is 2.18. The fourth-order valence-electron chi connectivity index (χ4n) is 1.49. The molecule has 0 aliphatic carbocycles. The molecule has 0 radical (unpaired) electrons. The van der Waals surface area contributed by atoms with E-state index in [0.29, 0.717) is 5.17 Å². The largest absolute Gasteiger partial charge is 0.378 e. The van der Waals surface area contributed by atoms with Crippen molar-refractivity contribution in [1.29, 1.82) is 0 Å². The summed E-state index contributed by atoms with van der Waals surface area (Å²) in [7, 11) is 0. The van der Waals surface area contributed by atoms with E-state index in [2.05, 4.69) is 30.1 Å². The molecular weight excluding hydrogens is 192 g/mol. The summed E-state index contributed by atoms with van der Waals surface area (Å²) >= 11 is 1.47. The highest BCUT2D eigenvalue weighted by molar-refractivity contribution is 8.16. The molecule has 0 fully saturated rings. The van der Waals surface area contributed by atoms with Crippen LogP contribution in [0.2, 0.25) is 0 Å². The van der Waals surface area contributed by atoms with Gasteiger partial charge in [-0.3, -0.25) is 4.99 Å². The van der Waals surface area contributed by atoms with Gasteiger partial charge >= 0.3 is 0 Å². The van der Waals surface area contributed by atoms with Crippen molar-refractivity contribution in [3.8, 4) is 0 Å². The lowest BCUT2D eigenvalue weighted by Gasteiger charge is -2.14. The quantitative estimate of drug-likeness (QED) is 0.763. The molecule has 0 aromatic heterocycles. The summed E-state index contributed by atoms with van der Waals surface area (Å²) in [5, 5.41) is 2.64. The summed E-state index contributed by atoms with van der Waals surface area (Å²) in [5.41, 5.74) is 8.16. The van der Waals surface area contributed by atoms with Gasteiger partial charge < -0.3 is 5.73 Å². The zero-order chi connectivity index (χ0) is 9.97. The Morgan fingerprint density at radius 1 is 1.36 bits per heavy atom. The van der Waals surface area contributed by atoms with E-state index >= 15 is 0 Å². The van der Waals surface area contributed by atoms with Gasteiger partial charge in [0.15, 0.2) is 5.17 Å². The number of rotatable bonds is 1. The van der Waals surface area contributed by atoms with Crippen LogP contribution in [0.25, 0.3) is 0 Å². The van der Waals surface area contributed by atoms with Crippen LogP contribution in [0.5, 0.6) is 0 Å². The van der Waals surface area contributed by atoms with Crippen molar-refractivity contribution >= 4 is 16.9 Å². The number of amidine groups is 1. The topological polar surface area (TPSA) is 38.4 Å². The number of hydrogen-bond acceptors (Lipinski definition) is 3. The van der Waals surface area contributed by atoms with Crippen molar-refractivity contribution in [2.45, 2.75) is 13.0 Å². The van der Waals surface area contributed by atoms with Crippen LogP contribution < -0.4 is 5.73 Å². The number of aliphatic imine (C=N–C) groups is 1. The van der Waals surface area contributed by atoms with Gasteiger partial charge in [0.1, 0.15) is 0 Å². The summed E-state index contributed by atoms with van der Waals surface area (Å²) in [5.74, 6) is 0. The van der Waals surface area contributed by atoms with E-state index in [9.17, 15) is 0 Å². The van der Waals surface area contributed by atoms with Crippen molar-refractivity contribution < 1.29 is 0 Å². The first kappa shape index (κ1) is 9.34. The standard InChI is InChI=1S/C11H12N2S/c1-8-4-2-3-5-9(8)10-6-7-14-11(12)13-10/h2-7,10H,1H3,(H2,12,13). The molecule has 1 aliphatic rings. The van der Waals surface area contributed by atoms with Crippen LogP contribution in [0.1, 0.15) is 17.2 Å². The van der Waals surface area contributed by atoms with E-state index in [0.717, 1.165) is 0 Å². The molecule has 72 valence electrons. The molecule has 0 bridgehead atoms. The van der Waals surface area contributed by atoms with Crippen LogP contribution in [-0.2, 0) is 0 Å². The van der Waals surface area contributed by atoms with Crippen molar-refractivity contribution in [3.63, 3.8) is 0 Å². The molecule has 2 nitrogen and oxygen atoms in total. The maximum atomic E-state index is 5.67. The third-order valence-electron chi connectivity index (χ3n) is 2.22. The minimum Gasteiger partial charge on any atom is -0.378 e. The fraction of sp³-hybridized carbons (Fsp3) is 0.182. The number of hydrogen-bond donors (Lipinski definition) is 1. The first-order valence-corrected chi connectivity index (χ1v) is 5.37. The molecule has 1 aliphatic heterocycles. The zero-order valence-electron chi connectivity index (χ0n) is 7.97. The number of aryl methyl sites for hydroxylation is 1. The molecule has 3 heteroatoms. The Labute approximate surface area is 87.9 Å². The molecule has 0 amide bonds. The van der Waals surface area contributed by atoms with Crippen LogP contribution in [-0.4, -0.2) is 5.17 Å². The third-order valence-corrected chi connectivity index (χ3v) is 2.86. The lowest BCUT2D eigenvalue weighted by molar-refractivity contribution is 0.901. The van der Waals surface area contributed by atoms with Gasteiger partial charge in [0.05, 0.1) is 6.04 Å². The second-order valence-corrected chi connectivity index (χ2v) is 4.14. The molecule has 14 heavy (non-hydrogen) atoms. The molecule has 1 aromatic rings. The summed E-state index contributed by atoms with van der Waals surface area (Å²) < 4.78 is 0. The van der Waals surface area contributed by atoms with E-state index in [1.807, 2.05) is 17.5 Å². The average molecular weight is 204 g/mol. The predicted molar refractivity (Wildman–Crippen MR) is 62.3 cm³/mol. The minimum atomic E-state index is 0.0949. The number of benzene rings is 1. The lowest BCUT2D eigenvalue weighted by Crippen LogP contribution is -2.10. The Hall–Kier alpha value is -1.22. The Balaban J connectivity index is 2.36. The normalized spacial score (nSPS) is 20.6. The first-order chi connectivity index (χ1) is 6.77. The highest BCUT2D eigenvalue weighted by Crippen LogP contribution is 2.27. The van der Waals surface area contributed by atoms with Gasteiger partial charge in [0.25, 0.3) is 0 Å². The molecule has 1 aromatic carbocycles. The first-order valence-electron chi connectivity index (χ1n) is 4.49. The van der Waals surface area contributed by atoms with Crippen LogP contribution in [0.3, 0.4) is 0 Å². The molecular formula is C11H12N2S. The Morgan fingerprint density at radius 2 is 2.14 bits per heavy atom. The molecule has 0 spiro atoms. The van der Waals surface area contributed by atoms with E-state index in [-0.39, 0.29) is 6.04 Å². The van der Waals surface area contributed by atoms with Crippen LogP contribution in [0, 0.1) is 6.92 Å². The minimum absolute atomic E-state index is 0.0949. The maximum Gasteiger partial charge on any atom is 0.159 e. The van der Waals surface area contributed by atoms with E-state index in [1.165, 1.54) is 22.9 Å². The monoisotopic (exact) mass is 204 g/mol. The van der Waals surface area contributed by atoms with Gasteiger partial charge in [0, 0.05) is 0 Å². The van der Waals surface area contributed by atoms with Crippen molar-refractivity contribution in [2.24, 2.45) is 10.7 Å². The van der Waals surface area contributed by atoms with Crippen molar-refractivity contribution in [3.05, 3.63) is 46.9 Å². The third kappa shape index (κ3) is 1.82. The zero-order valence-corrected chi connectivity index (χ0v) is 8.79. The van der Waals surface area contributed by atoms with Gasteiger partial charge in [-0.15, -0.1) is 0 Å². The fourth-order valence-corrected chi connectivity index (χ4v) is 2.03. The maximum absolute atomic E-state index is 5.67. The molecule has 1 heterocycles. The summed E-state index contributed by atoms with van der Waals surface area (Å²) in [6, 6.07) is 8.35. The molecule has 2 rings (SSSR count). The SMILES string of the molecule is Cc1ccccc1C1C=CSC(N)=N1. The van der Waals surface area contributed by atoms with Gasteiger partial charge in [-0.1, -0.05) is 36.0 Å². The van der Waals surface area contributed by atoms with Gasteiger partial charge in [-0.2, -0.15) is 0 Å². The Kier molecular flexibility index (Phi) is 2.59. The van der Waals surface area contributed by atoms with E-state index in [4.69, 9.17) is 5.73 Å². The second kappa shape index (κ2) is 3.88. The second-order valence-electron chi connectivity index (χ2n) is 3.22. The van der Waals surface area contributed by atoms with E-state index in [1.54, 1.807) is 0 Å². The van der Waals surface area contributed by atoms with Gasteiger partial charge in [0.2, 0.25) is 0 Å². The highest BCUT2D eigenvalue weighted by atomic mass is 32.2. The molecule has 1 atom stereocenters. The van der Waals surface area contributed by atoms with Crippen LogP contribution in [0.15, 0.2) is 40.7 Å². The smallest absolute Gasteiger partial charge is 0.159 e. The summed E-state index contributed by atoms with van der Waals surface area (Å²) in [6.07, 6.45) is 2.07. The Morgan fingerprint density at radius 3 is 2.86 bits per heavy atom. The van der Waals surface area contributed by atoms with E-state index < -0.39 is 0 Å². The van der Waals surface area contributed by atoms with Gasteiger partial charge in [-0.25, -0.2) is 0 Å². The highest BCUT2D eigenvalue weighted by Gasteiger charge is 2.12. The predicted octanol–water partition coefficient (Wildman–Crippen LogP) is 2.61. The molecule has 0 saturated heterocycles. The summed E-state index contributed by atoms with van der Waals surface area (Å²) in [6.45, 7) is 2.09. The Bertz CT molecular complexity index is 396. The molecule has 2 N–H and O–H groups in total. The van der Waals surface area contributed by atoms with Crippen LogP contribution in [0.4, 0.5) is 0 Å². The van der Waals surface area contributed by atoms with Crippen molar-refractivity contribution in [1.82, 2.24) is 0 Å². The van der Waals surface area contributed by atoms with Crippen LogP contribution >= 0.6 is 11.8 Å². The molecule has 1 unspecified atom stereocenters. The van der Waals surface area contributed by atoms with Crippen molar-refractivity contribution in [2.75, 3.05) is 0 Å². The lowest BCUT2D eigenvalue weighted by atomic mass is 10.0. The van der Waals surface area contributed by atoms with Gasteiger partial charge in [-0.05, 0) is 29.5 Å². The number of thioether (sulfide) groups is 1.